The number of rotatable bonds is 2. The van der Waals surface area contributed by atoms with Crippen LogP contribution in [0.1, 0.15) is 5.69 Å². The van der Waals surface area contributed by atoms with Gasteiger partial charge in [0.2, 0.25) is 5.88 Å². The van der Waals surface area contributed by atoms with E-state index < -0.39 is 0 Å². The first-order valence-corrected chi connectivity index (χ1v) is 5.11. The van der Waals surface area contributed by atoms with E-state index in [2.05, 4.69) is 30.9 Å². The topological polar surface area (TPSA) is 47.9 Å². The molecule has 0 radical (unpaired) electrons. The van der Waals surface area contributed by atoms with Crippen molar-refractivity contribution in [1.29, 1.82) is 0 Å². The van der Waals surface area contributed by atoms with Crippen molar-refractivity contribution in [2.45, 2.75) is 6.92 Å². The molecule has 0 atom stereocenters. The van der Waals surface area contributed by atoms with Gasteiger partial charge in [-0.1, -0.05) is 0 Å². The second-order valence-corrected chi connectivity index (χ2v) is 3.72. The fourth-order valence-corrected chi connectivity index (χ4v) is 1.36. The first-order valence-electron chi connectivity index (χ1n) is 4.32. The molecule has 0 bridgehead atoms. The number of nitrogens with zero attached hydrogens (tertiary/aromatic N) is 3. The van der Waals surface area contributed by atoms with Crippen molar-refractivity contribution in [1.82, 2.24) is 15.0 Å². The summed E-state index contributed by atoms with van der Waals surface area (Å²) >= 11 is 3.31. The zero-order valence-corrected chi connectivity index (χ0v) is 9.60. The highest BCUT2D eigenvalue weighted by atomic mass is 79.9. The predicted octanol–water partition coefficient (Wildman–Crippen LogP) is 2.73. The van der Waals surface area contributed by atoms with Crippen LogP contribution in [0.25, 0.3) is 0 Å². The van der Waals surface area contributed by atoms with Crippen molar-refractivity contribution in [2.24, 2.45) is 0 Å². The lowest BCUT2D eigenvalue weighted by Crippen LogP contribution is -1.93. The van der Waals surface area contributed by atoms with Crippen LogP contribution in [-0.4, -0.2) is 15.0 Å². The minimum Gasteiger partial charge on any atom is -0.436 e. The number of ether oxygens (including phenoxy) is 1. The summed E-state index contributed by atoms with van der Waals surface area (Å²) in [5.74, 6) is 1.18. The summed E-state index contributed by atoms with van der Waals surface area (Å²) in [5.41, 5.74) is 0.822. The van der Waals surface area contributed by atoms with E-state index in [1.807, 2.05) is 19.1 Å². The second kappa shape index (κ2) is 4.35. The molecule has 2 aromatic rings. The van der Waals surface area contributed by atoms with Gasteiger partial charge in [0.05, 0.1) is 10.2 Å². The highest BCUT2D eigenvalue weighted by Gasteiger charge is 2.05. The van der Waals surface area contributed by atoms with Gasteiger partial charge in [-0.2, -0.15) is 0 Å². The maximum Gasteiger partial charge on any atom is 0.236 e. The fourth-order valence-electron chi connectivity index (χ4n) is 1.06. The van der Waals surface area contributed by atoms with Crippen LogP contribution >= 0.6 is 15.9 Å². The molecule has 0 aromatic carbocycles. The molecule has 0 aliphatic heterocycles. The quantitative estimate of drug-likeness (QED) is 0.838. The second-order valence-electron chi connectivity index (χ2n) is 2.86. The molecule has 15 heavy (non-hydrogen) atoms. The van der Waals surface area contributed by atoms with E-state index in [0.717, 1.165) is 5.69 Å². The minimum absolute atomic E-state index is 0.487. The molecule has 0 N–H and O–H groups in total. The van der Waals surface area contributed by atoms with Crippen molar-refractivity contribution in [3.8, 4) is 11.6 Å². The highest BCUT2D eigenvalue weighted by molar-refractivity contribution is 9.10. The van der Waals surface area contributed by atoms with Gasteiger partial charge in [0.1, 0.15) is 6.33 Å². The minimum atomic E-state index is 0.487. The Labute approximate surface area is 95.5 Å². The third-order valence-corrected chi connectivity index (χ3v) is 2.34. The van der Waals surface area contributed by atoms with Gasteiger partial charge in [-0.3, -0.25) is 4.98 Å². The Morgan fingerprint density at radius 3 is 2.93 bits per heavy atom. The summed E-state index contributed by atoms with van der Waals surface area (Å²) in [6.45, 7) is 1.88. The Balaban J connectivity index is 2.30. The van der Waals surface area contributed by atoms with Gasteiger partial charge in [-0.05, 0) is 35.0 Å². The zero-order valence-electron chi connectivity index (χ0n) is 8.01. The van der Waals surface area contributed by atoms with Gasteiger partial charge in [-0.15, -0.1) is 0 Å². The van der Waals surface area contributed by atoms with E-state index in [9.17, 15) is 0 Å². The van der Waals surface area contributed by atoms with Crippen LogP contribution in [0.15, 0.2) is 35.3 Å². The Hall–Kier alpha value is -1.49. The molecule has 5 heteroatoms. The molecule has 76 valence electrons. The SMILES string of the molecule is Cc1ncccc1Oc1ncncc1Br. The Bertz CT molecular complexity index is 432. The molecule has 4 nitrogen and oxygen atoms in total. The van der Waals surface area contributed by atoms with E-state index in [-0.39, 0.29) is 0 Å². The monoisotopic (exact) mass is 265 g/mol. The standard InChI is InChI=1S/C10H8BrN3O/c1-7-9(3-2-4-13-7)15-10-8(11)5-12-6-14-10/h2-6H,1H3. The molecule has 0 unspecified atom stereocenters. The molecule has 0 saturated carbocycles. The van der Waals surface area contributed by atoms with E-state index in [1.54, 1.807) is 12.4 Å². The lowest BCUT2D eigenvalue weighted by atomic mass is 10.3. The largest absolute Gasteiger partial charge is 0.436 e. The van der Waals surface area contributed by atoms with Crippen molar-refractivity contribution in [3.63, 3.8) is 0 Å². The molecule has 2 rings (SSSR count). The molecule has 0 spiro atoms. The molecule has 0 fully saturated rings. The van der Waals surface area contributed by atoms with Crippen LogP contribution < -0.4 is 4.74 Å². The lowest BCUT2D eigenvalue weighted by Gasteiger charge is -2.06. The van der Waals surface area contributed by atoms with Crippen LogP contribution in [0.4, 0.5) is 0 Å². The first-order chi connectivity index (χ1) is 7.27. The summed E-state index contributed by atoms with van der Waals surface area (Å²) in [4.78, 5) is 12.0. The van der Waals surface area contributed by atoms with Crippen molar-refractivity contribution >= 4 is 15.9 Å². The van der Waals surface area contributed by atoms with E-state index in [0.29, 0.717) is 16.1 Å². The smallest absolute Gasteiger partial charge is 0.236 e. The maximum absolute atomic E-state index is 5.58. The number of aromatic nitrogens is 3. The summed E-state index contributed by atoms with van der Waals surface area (Å²) < 4.78 is 6.30. The first kappa shape index (κ1) is 10.0. The van der Waals surface area contributed by atoms with Crippen molar-refractivity contribution in [3.05, 3.63) is 41.0 Å². The molecule has 0 amide bonds. The molecular formula is C10H8BrN3O. The Kier molecular flexibility index (Phi) is 2.91. The van der Waals surface area contributed by atoms with Gasteiger partial charge < -0.3 is 4.74 Å². The van der Waals surface area contributed by atoms with E-state index in [4.69, 9.17) is 4.74 Å². The number of aryl methyl sites for hydroxylation is 1. The van der Waals surface area contributed by atoms with E-state index >= 15 is 0 Å². The van der Waals surface area contributed by atoms with Crippen molar-refractivity contribution < 1.29 is 4.74 Å². The molecule has 0 aliphatic carbocycles. The van der Waals surface area contributed by atoms with Crippen LogP contribution in [0, 0.1) is 6.92 Å². The van der Waals surface area contributed by atoms with Crippen LogP contribution in [-0.2, 0) is 0 Å². The van der Waals surface area contributed by atoms with Gasteiger partial charge in [0, 0.05) is 12.4 Å². The molecule has 2 aromatic heterocycles. The molecule has 0 aliphatic rings. The number of pyridine rings is 1. The van der Waals surface area contributed by atoms with Gasteiger partial charge >= 0.3 is 0 Å². The van der Waals surface area contributed by atoms with Crippen LogP contribution in [0.5, 0.6) is 11.6 Å². The number of hydrogen-bond donors (Lipinski definition) is 0. The van der Waals surface area contributed by atoms with Gasteiger partial charge in [0.15, 0.2) is 5.75 Å². The summed E-state index contributed by atoms with van der Waals surface area (Å²) in [6, 6.07) is 3.66. The van der Waals surface area contributed by atoms with Gasteiger partial charge in [-0.25, -0.2) is 9.97 Å². The summed E-state index contributed by atoms with van der Waals surface area (Å²) in [5, 5.41) is 0. The Morgan fingerprint density at radius 2 is 2.20 bits per heavy atom. The molecular weight excluding hydrogens is 258 g/mol. The normalized spacial score (nSPS) is 10.0. The summed E-state index contributed by atoms with van der Waals surface area (Å²) in [7, 11) is 0. The Morgan fingerprint density at radius 1 is 1.33 bits per heavy atom. The highest BCUT2D eigenvalue weighted by Crippen LogP contribution is 2.27. The average molecular weight is 266 g/mol. The predicted molar refractivity (Wildman–Crippen MR) is 58.8 cm³/mol. The van der Waals surface area contributed by atoms with E-state index in [1.165, 1.54) is 6.33 Å². The van der Waals surface area contributed by atoms with Crippen molar-refractivity contribution in [2.75, 3.05) is 0 Å². The fraction of sp³-hybridized carbons (Fsp3) is 0.100. The third kappa shape index (κ3) is 2.30. The number of halogens is 1. The zero-order chi connectivity index (χ0) is 10.7. The van der Waals surface area contributed by atoms with Crippen LogP contribution in [0.2, 0.25) is 0 Å². The summed E-state index contributed by atoms with van der Waals surface area (Å²) in [6.07, 6.45) is 4.79. The lowest BCUT2D eigenvalue weighted by molar-refractivity contribution is 0.452. The van der Waals surface area contributed by atoms with Crippen LogP contribution in [0.3, 0.4) is 0 Å². The number of hydrogen-bond acceptors (Lipinski definition) is 4. The third-order valence-electron chi connectivity index (χ3n) is 1.80. The molecule has 2 heterocycles. The molecule has 0 saturated heterocycles. The van der Waals surface area contributed by atoms with Gasteiger partial charge in [0.25, 0.3) is 0 Å². The average Bonchev–Trinajstić information content (AvgIpc) is 2.24. The maximum atomic E-state index is 5.58.